The van der Waals surface area contributed by atoms with Crippen LogP contribution in [-0.2, 0) is 6.42 Å². The van der Waals surface area contributed by atoms with Crippen molar-refractivity contribution < 1.29 is 9.84 Å². The number of nitrogens with two attached hydrogens (primary N) is 1. The quantitative estimate of drug-likeness (QED) is 0.784. The average Bonchev–Trinajstić information content (AvgIpc) is 2.33. The molecule has 0 spiro atoms. The van der Waals surface area contributed by atoms with E-state index < -0.39 is 0 Å². The fraction of sp³-hybridized carbons (Fsp3) is 0.571. The van der Waals surface area contributed by atoms with Crippen LogP contribution in [-0.4, -0.2) is 17.8 Å². The molecule has 2 unspecified atom stereocenters. The number of fused-ring (bicyclic) bond motifs is 1. The predicted octanol–water partition coefficient (Wildman–Crippen LogP) is 2.22. The lowest BCUT2D eigenvalue weighted by molar-refractivity contribution is 0.132. The van der Waals surface area contributed by atoms with Gasteiger partial charge in [-0.15, -0.1) is 0 Å². The maximum absolute atomic E-state index is 10.1. The first-order valence-electron chi connectivity index (χ1n) is 6.15. The van der Waals surface area contributed by atoms with Crippen molar-refractivity contribution in [2.45, 2.75) is 40.2 Å². The van der Waals surface area contributed by atoms with Gasteiger partial charge < -0.3 is 15.6 Å². The summed E-state index contributed by atoms with van der Waals surface area (Å²) in [6.07, 6.45) is 1.04. The van der Waals surface area contributed by atoms with Crippen LogP contribution in [0.5, 0.6) is 11.5 Å². The van der Waals surface area contributed by atoms with Gasteiger partial charge in [-0.2, -0.15) is 0 Å². The molecule has 1 aromatic rings. The third-order valence-corrected chi connectivity index (χ3v) is 4.08. The van der Waals surface area contributed by atoms with Gasteiger partial charge in [0.1, 0.15) is 17.6 Å². The van der Waals surface area contributed by atoms with Crippen LogP contribution in [0.25, 0.3) is 0 Å². The molecule has 17 heavy (non-hydrogen) atoms. The van der Waals surface area contributed by atoms with Gasteiger partial charge in [0.2, 0.25) is 0 Å². The van der Waals surface area contributed by atoms with Gasteiger partial charge in [0.15, 0.2) is 0 Å². The van der Waals surface area contributed by atoms with Gasteiger partial charge >= 0.3 is 0 Å². The minimum atomic E-state index is 0.148. The number of hydrogen-bond acceptors (Lipinski definition) is 3. The Hall–Kier alpha value is -1.22. The summed E-state index contributed by atoms with van der Waals surface area (Å²) in [5.74, 6) is 1.69. The molecule has 0 radical (unpaired) electrons. The molecule has 0 aliphatic carbocycles. The maximum atomic E-state index is 10.1. The van der Waals surface area contributed by atoms with E-state index in [1.165, 1.54) is 0 Å². The summed E-state index contributed by atoms with van der Waals surface area (Å²) in [4.78, 5) is 0. The largest absolute Gasteiger partial charge is 0.507 e. The van der Waals surface area contributed by atoms with Gasteiger partial charge in [0.25, 0.3) is 0 Å². The summed E-state index contributed by atoms with van der Waals surface area (Å²) in [6.45, 7) is 8.57. The first kappa shape index (κ1) is 12.2. The van der Waals surface area contributed by atoms with Crippen LogP contribution in [0.2, 0.25) is 0 Å². The standard InChI is InChI=1S/C14H21NO2/c1-7-8(2)14-12(9(3)13(7)16)5-11(6-15)10(4)17-14/h10-11,16H,5-6,15H2,1-4H3. The number of rotatable bonds is 1. The van der Waals surface area contributed by atoms with E-state index in [1.54, 1.807) is 0 Å². The second-order valence-corrected chi connectivity index (χ2v) is 5.05. The van der Waals surface area contributed by atoms with Crippen LogP contribution in [0.1, 0.15) is 29.2 Å². The second-order valence-electron chi connectivity index (χ2n) is 5.05. The first-order valence-corrected chi connectivity index (χ1v) is 6.15. The van der Waals surface area contributed by atoms with Gasteiger partial charge in [-0.05, 0) is 57.4 Å². The molecule has 1 aliphatic heterocycles. The van der Waals surface area contributed by atoms with Crippen LogP contribution in [0, 0.1) is 26.7 Å². The fourth-order valence-electron chi connectivity index (χ4n) is 2.56. The van der Waals surface area contributed by atoms with Crippen LogP contribution in [0.4, 0.5) is 0 Å². The Bertz CT molecular complexity index is 454. The zero-order valence-corrected chi connectivity index (χ0v) is 11.0. The van der Waals surface area contributed by atoms with Crippen molar-refractivity contribution in [3.8, 4) is 11.5 Å². The van der Waals surface area contributed by atoms with E-state index >= 15 is 0 Å². The normalized spacial score (nSPS) is 23.1. The van der Waals surface area contributed by atoms with E-state index in [4.69, 9.17) is 10.5 Å². The third kappa shape index (κ3) is 1.78. The lowest BCUT2D eigenvalue weighted by atomic mass is 9.86. The van der Waals surface area contributed by atoms with Gasteiger partial charge in [0.05, 0.1) is 0 Å². The van der Waals surface area contributed by atoms with Crippen molar-refractivity contribution in [3.05, 3.63) is 22.3 Å². The Balaban J connectivity index is 2.58. The number of hydrogen-bond donors (Lipinski definition) is 2. The third-order valence-electron chi connectivity index (χ3n) is 4.08. The topological polar surface area (TPSA) is 55.5 Å². The van der Waals surface area contributed by atoms with Crippen molar-refractivity contribution >= 4 is 0 Å². The van der Waals surface area contributed by atoms with Crippen LogP contribution >= 0.6 is 0 Å². The highest BCUT2D eigenvalue weighted by molar-refractivity contribution is 5.58. The molecule has 3 N–H and O–H groups in total. The van der Waals surface area contributed by atoms with Crippen molar-refractivity contribution in [2.24, 2.45) is 11.7 Å². The van der Waals surface area contributed by atoms with Crippen molar-refractivity contribution in [3.63, 3.8) is 0 Å². The summed E-state index contributed by atoms with van der Waals surface area (Å²) < 4.78 is 5.99. The van der Waals surface area contributed by atoms with E-state index in [1.807, 2.05) is 20.8 Å². The summed E-state index contributed by atoms with van der Waals surface area (Å²) in [6, 6.07) is 0. The average molecular weight is 235 g/mol. The second kappa shape index (κ2) is 4.22. The maximum Gasteiger partial charge on any atom is 0.126 e. The predicted molar refractivity (Wildman–Crippen MR) is 68.7 cm³/mol. The van der Waals surface area contributed by atoms with Gasteiger partial charge in [-0.3, -0.25) is 0 Å². The molecule has 0 bridgehead atoms. The number of aromatic hydroxyl groups is 1. The van der Waals surface area contributed by atoms with Crippen molar-refractivity contribution in [1.82, 2.24) is 0 Å². The fourth-order valence-corrected chi connectivity index (χ4v) is 2.56. The zero-order valence-electron chi connectivity index (χ0n) is 11.0. The highest BCUT2D eigenvalue weighted by atomic mass is 16.5. The number of phenols is 1. The molecule has 94 valence electrons. The van der Waals surface area contributed by atoms with E-state index in [0.29, 0.717) is 18.2 Å². The van der Waals surface area contributed by atoms with E-state index in [0.717, 1.165) is 34.4 Å². The highest BCUT2D eigenvalue weighted by Crippen LogP contribution is 2.41. The Morgan fingerprint density at radius 3 is 2.47 bits per heavy atom. The minimum Gasteiger partial charge on any atom is -0.507 e. The molecule has 0 aromatic heterocycles. The Labute approximate surface area is 103 Å². The molecular formula is C14H21NO2. The Kier molecular flexibility index (Phi) is 3.04. The molecule has 0 saturated heterocycles. The lowest BCUT2D eigenvalue weighted by Gasteiger charge is -2.33. The molecule has 3 heteroatoms. The molecule has 1 heterocycles. The summed E-state index contributed by atoms with van der Waals surface area (Å²) in [7, 11) is 0. The molecule has 0 saturated carbocycles. The molecule has 2 atom stereocenters. The summed E-state index contributed by atoms with van der Waals surface area (Å²) in [5, 5.41) is 10.1. The zero-order chi connectivity index (χ0) is 12.7. The number of benzene rings is 1. The van der Waals surface area contributed by atoms with Crippen molar-refractivity contribution in [2.75, 3.05) is 6.54 Å². The van der Waals surface area contributed by atoms with Gasteiger partial charge in [0, 0.05) is 11.5 Å². The number of ether oxygens (including phenoxy) is 1. The SMILES string of the molecule is Cc1c(C)c2c(c(C)c1O)CC(CN)C(C)O2. The lowest BCUT2D eigenvalue weighted by Crippen LogP contribution is -2.36. The minimum absolute atomic E-state index is 0.148. The van der Waals surface area contributed by atoms with E-state index in [2.05, 4.69) is 6.92 Å². The summed E-state index contributed by atoms with van der Waals surface area (Å²) in [5.41, 5.74) is 9.79. The van der Waals surface area contributed by atoms with E-state index in [-0.39, 0.29) is 6.10 Å². The van der Waals surface area contributed by atoms with Crippen molar-refractivity contribution in [1.29, 1.82) is 0 Å². The molecule has 2 rings (SSSR count). The van der Waals surface area contributed by atoms with Crippen LogP contribution < -0.4 is 10.5 Å². The van der Waals surface area contributed by atoms with Crippen LogP contribution in [0.15, 0.2) is 0 Å². The van der Waals surface area contributed by atoms with Gasteiger partial charge in [-0.25, -0.2) is 0 Å². The molecular weight excluding hydrogens is 214 g/mol. The smallest absolute Gasteiger partial charge is 0.126 e. The highest BCUT2D eigenvalue weighted by Gasteiger charge is 2.30. The van der Waals surface area contributed by atoms with E-state index in [9.17, 15) is 5.11 Å². The Morgan fingerprint density at radius 2 is 1.88 bits per heavy atom. The molecule has 3 nitrogen and oxygen atoms in total. The molecule has 1 aliphatic rings. The van der Waals surface area contributed by atoms with Crippen LogP contribution in [0.3, 0.4) is 0 Å². The molecule has 0 amide bonds. The number of phenolic OH excluding ortho intramolecular Hbond substituents is 1. The molecule has 1 aromatic carbocycles. The summed E-state index contributed by atoms with van der Waals surface area (Å²) >= 11 is 0. The monoisotopic (exact) mass is 235 g/mol. The first-order chi connectivity index (χ1) is 7.97. The van der Waals surface area contributed by atoms with Gasteiger partial charge in [-0.1, -0.05) is 0 Å². The molecule has 0 fully saturated rings. The Morgan fingerprint density at radius 1 is 1.24 bits per heavy atom.